The van der Waals surface area contributed by atoms with Gasteiger partial charge >= 0.3 is 0 Å². The van der Waals surface area contributed by atoms with Crippen molar-refractivity contribution in [1.29, 1.82) is 0 Å². The Hall–Kier alpha value is -0.680. The van der Waals surface area contributed by atoms with Crippen molar-refractivity contribution in [2.24, 2.45) is 0 Å². The molecule has 0 aromatic rings. The third-order valence-corrected chi connectivity index (χ3v) is 7.30. The number of ether oxygens (including phenoxy) is 7. The molecular formula is C22H38O17. The molecule has 0 radical (unpaired) electrons. The highest BCUT2D eigenvalue weighted by molar-refractivity contribution is 4.94. The van der Waals surface area contributed by atoms with Crippen LogP contribution in [0.15, 0.2) is 0 Å². The first-order chi connectivity index (χ1) is 18.4. The summed E-state index contributed by atoms with van der Waals surface area (Å²) in [6.07, 6.45) is -24.8. The molecular weight excluding hydrogens is 536 g/mol. The molecule has 0 bridgehead atoms. The molecule has 17 nitrogen and oxygen atoms in total. The van der Waals surface area contributed by atoms with E-state index in [1.54, 1.807) is 6.92 Å². The number of aliphatic hydroxyl groups excluding tert-OH is 10. The standard InChI is InChI=1S/C22H38O17/c1-6-17(19(9(26)4-33-6)39-22-15(31)13(29)12(28)10(2-23)36-22)37-21-16(32)18(8(25)5-35-21)38-20-14(30)11(27)7(24)3-34-20/h6-32H,2-5H2,1H3/t6-,7+,8+,9-,10+,11-,12+,13-,14+,15+,16+,17-,18-,19-,20-,21-,22-/m0/s1. The van der Waals surface area contributed by atoms with E-state index in [0.717, 1.165) is 0 Å². The average molecular weight is 575 g/mol. The molecule has 4 fully saturated rings. The van der Waals surface area contributed by atoms with Crippen molar-refractivity contribution in [3.8, 4) is 0 Å². The molecule has 4 aliphatic heterocycles. The van der Waals surface area contributed by atoms with Crippen molar-refractivity contribution in [2.45, 2.75) is 111 Å². The molecule has 0 aromatic heterocycles. The molecule has 0 aromatic carbocycles. The van der Waals surface area contributed by atoms with E-state index in [-0.39, 0.29) is 13.2 Å². The Kier molecular flexibility index (Phi) is 10.5. The lowest BCUT2D eigenvalue weighted by atomic mass is 9.97. The minimum absolute atomic E-state index is 0.216. The van der Waals surface area contributed by atoms with Gasteiger partial charge in [0.25, 0.3) is 0 Å². The minimum atomic E-state index is -1.76. The van der Waals surface area contributed by atoms with Gasteiger partial charge in [0.1, 0.15) is 79.4 Å². The van der Waals surface area contributed by atoms with Crippen LogP contribution in [0.1, 0.15) is 6.92 Å². The number of hydrogen-bond acceptors (Lipinski definition) is 17. The monoisotopic (exact) mass is 574 g/mol. The first-order valence-electron chi connectivity index (χ1n) is 12.6. The molecule has 0 amide bonds. The second kappa shape index (κ2) is 13.1. The smallest absolute Gasteiger partial charge is 0.187 e. The molecule has 4 aliphatic rings. The van der Waals surface area contributed by atoms with Crippen LogP contribution in [-0.2, 0) is 33.2 Å². The SMILES string of the molecule is C[C@@H]1OC[C@H](O)[C@H](O[C@@H]2O[C@H](CO)[C@@H](O)[C@H](O)[C@H]2O)[C@H]1O[C@@H]1OC[C@@H](O)[C@H](O[C@@H]2OC[C@@H](O)[C@H](O)[C@H]2O)[C@H]1O. The summed E-state index contributed by atoms with van der Waals surface area (Å²) in [6.45, 7) is -0.115. The van der Waals surface area contributed by atoms with Gasteiger partial charge in [-0.15, -0.1) is 0 Å². The van der Waals surface area contributed by atoms with Crippen LogP contribution >= 0.6 is 0 Å². The number of aliphatic hydroxyl groups is 10. The second-order valence-corrected chi connectivity index (χ2v) is 10.1. The van der Waals surface area contributed by atoms with Gasteiger partial charge in [-0.1, -0.05) is 0 Å². The highest BCUT2D eigenvalue weighted by atomic mass is 16.8. The van der Waals surface area contributed by atoms with Gasteiger partial charge < -0.3 is 84.2 Å². The minimum Gasteiger partial charge on any atom is -0.394 e. The van der Waals surface area contributed by atoms with Crippen molar-refractivity contribution >= 4 is 0 Å². The zero-order valence-corrected chi connectivity index (χ0v) is 21.0. The van der Waals surface area contributed by atoms with Crippen LogP contribution in [-0.4, -0.2) is 182 Å². The lowest BCUT2D eigenvalue weighted by Crippen LogP contribution is -2.64. The van der Waals surface area contributed by atoms with Crippen molar-refractivity contribution < 1.29 is 84.2 Å². The maximum absolute atomic E-state index is 10.9. The van der Waals surface area contributed by atoms with Crippen LogP contribution < -0.4 is 0 Å². The van der Waals surface area contributed by atoms with E-state index in [4.69, 9.17) is 33.2 Å². The van der Waals surface area contributed by atoms with Crippen LogP contribution in [0.5, 0.6) is 0 Å². The highest BCUT2D eigenvalue weighted by Gasteiger charge is 2.51. The van der Waals surface area contributed by atoms with Gasteiger partial charge in [0, 0.05) is 0 Å². The molecule has 0 unspecified atom stereocenters. The van der Waals surface area contributed by atoms with E-state index in [1.807, 2.05) is 0 Å². The second-order valence-electron chi connectivity index (χ2n) is 10.1. The zero-order chi connectivity index (χ0) is 28.6. The van der Waals surface area contributed by atoms with E-state index in [9.17, 15) is 51.1 Å². The van der Waals surface area contributed by atoms with Crippen molar-refractivity contribution in [1.82, 2.24) is 0 Å². The topological polar surface area (TPSA) is 267 Å². The van der Waals surface area contributed by atoms with Crippen molar-refractivity contribution in [3.63, 3.8) is 0 Å². The first kappa shape index (κ1) is 31.3. The maximum atomic E-state index is 10.9. The van der Waals surface area contributed by atoms with E-state index in [2.05, 4.69) is 0 Å². The van der Waals surface area contributed by atoms with Gasteiger partial charge in [0.05, 0.1) is 32.5 Å². The molecule has 0 spiro atoms. The number of hydrogen-bond donors (Lipinski definition) is 10. The summed E-state index contributed by atoms with van der Waals surface area (Å²) in [5, 5.41) is 101. The summed E-state index contributed by atoms with van der Waals surface area (Å²) in [4.78, 5) is 0. The summed E-state index contributed by atoms with van der Waals surface area (Å²) in [5.41, 5.74) is 0. The third-order valence-electron chi connectivity index (χ3n) is 7.30. The van der Waals surface area contributed by atoms with Gasteiger partial charge in [-0.2, -0.15) is 0 Å². The summed E-state index contributed by atoms with van der Waals surface area (Å²) >= 11 is 0. The fourth-order valence-corrected chi connectivity index (χ4v) is 4.89. The van der Waals surface area contributed by atoms with Gasteiger partial charge in [0.15, 0.2) is 18.9 Å². The van der Waals surface area contributed by atoms with Crippen LogP contribution in [0.4, 0.5) is 0 Å². The first-order valence-corrected chi connectivity index (χ1v) is 12.6. The van der Waals surface area contributed by atoms with Crippen LogP contribution in [0.25, 0.3) is 0 Å². The molecule has 4 heterocycles. The Morgan fingerprint density at radius 1 is 0.538 bits per heavy atom. The van der Waals surface area contributed by atoms with Crippen LogP contribution in [0.3, 0.4) is 0 Å². The van der Waals surface area contributed by atoms with Crippen LogP contribution in [0.2, 0.25) is 0 Å². The molecule has 10 N–H and O–H groups in total. The van der Waals surface area contributed by atoms with E-state index >= 15 is 0 Å². The van der Waals surface area contributed by atoms with E-state index in [0.29, 0.717) is 0 Å². The molecule has 4 saturated heterocycles. The fourth-order valence-electron chi connectivity index (χ4n) is 4.89. The van der Waals surface area contributed by atoms with Gasteiger partial charge in [-0.3, -0.25) is 0 Å². The predicted octanol–water partition coefficient (Wildman–Crippen LogP) is -6.76. The average Bonchev–Trinajstić information content (AvgIpc) is 2.91. The zero-order valence-electron chi connectivity index (χ0n) is 21.0. The maximum Gasteiger partial charge on any atom is 0.187 e. The predicted molar refractivity (Wildman–Crippen MR) is 119 cm³/mol. The van der Waals surface area contributed by atoms with E-state index < -0.39 is 118 Å². The molecule has 39 heavy (non-hydrogen) atoms. The van der Waals surface area contributed by atoms with Gasteiger partial charge in [-0.05, 0) is 6.92 Å². The van der Waals surface area contributed by atoms with E-state index in [1.165, 1.54) is 0 Å². The summed E-state index contributed by atoms with van der Waals surface area (Å²) in [6, 6.07) is 0. The molecule has 0 aliphatic carbocycles. The van der Waals surface area contributed by atoms with Gasteiger partial charge in [0.2, 0.25) is 0 Å². The summed E-state index contributed by atoms with van der Waals surface area (Å²) in [5.74, 6) is 0. The van der Waals surface area contributed by atoms with Crippen molar-refractivity contribution in [2.75, 3.05) is 26.4 Å². The van der Waals surface area contributed by atoms with Gasteiger partial charge in [-0.25, -0.2) is 0 Å². The Labute approximate surface area is 222 Å². The summed E-state index contributed by atoms with van der Waals surface area (Å²) < 4.78 is 38.6. The Morgan fingerprint density at radius 3 is 1.72 bits per heavy atom. The third kappa shape index (κ3) is 6.55. The van der Waals surface area contributed by atoms with Crippen LogP contribution in [0, 0.1) is 0 Å². The van der Waals surface area contributed by atoms with Crippen molar-refractivity contribution in [3.05, 3.63) is 0 Å². The quantitative estimate of drug-likeness (QED) is 0.135. The molecule has 0 saturated carbocycles. The largest absolute Gasteiger partial charge is 0.394 e. The fraction of sp³-hybridized carbons (Fsp3) is 1.00. The lowest BCUT2D eigenvalue weighted by Gasteiger charge is -2.47. The molecule has 228 valence electrons. The molecule has 4 rings (SSSR count). The Morgan fingerprint density at radius 2 is 1.05 bits per heavy atom. The summed E-state index contributed by atoms with van der Waals surface area (Å²) in [7, 11) is 0. The lowest BCUT2D eigenvalue weighted by molar-refractivity contribution is -0.366. The normalized spacial score (nSPS) is 53.5. The highest BCUT2D eigenvalue weighted by Crippen LogP contribution is 2.31. The molecule has 17 atom stereocenters. The Balaban J connectivity index is 1.45. The Bertz CT molecular complexity index is 775. The number of rotatable bonds is 7. The molecule has 17 heteroatoms.